The molecule has 12 rings (SSSR count). The average molecular weight is 722 g/mol. The fourth-order valence-electron chi connectivity index (χ4n) is 8.81. The summed E-state index contributed by atoms with van der Waals surface area (Å²) in [5.74, 6) is 3.04. The number of benzene rings is 2. The van der Waals surface area contributed by atoms with E-state index in [9.17, 15) is 0 Å². The van der Waals surface area contributed by atoms with Crippen LogP contribution < -0.4 is 26.3 Å². The van der Waals surface area contributed by atoms with Crippen molar-refractivity contribution in [2.24, 2.45) is 0 Å². The summed E-state index contributed by atoms with van der Waals surface area (Å²) >= 11 is 0. The third kappa shape index (κ3) is 4.15. The molecule has 11 nitrogen and oxygen atoms in total. The average Bonchev–Trinajstić information content (AvgIpc) is 3.78. The Bertz CT molecular complexity index is 3130. The summed E-state index contributed by atoms with van der Waals surface area (Å²) in [6.07, 6.45) is 12.8. The molecule has 262 valence electrons. The molecule has 0 radical (unpaired) electrons. The van der Waals surface area contributed by atoms with Gasteiger partial charge in [0, 0.05) is 60.4 Å². The number of anilines is 6. The minimum atomic E-state index is -0.239. The maximum Gasteiger partial charge on any atom is 0.277 e. The minimum Gasteiger partial charge on any atom is -0.295 e. The topological polar surface area (TPSA) is 107 Å². The Labute approximate surface area is 320 Å². The van der Waals surface area contributed by atoms with Crippen LogP contribution in [0.1, 0.15) is 5.56 Å². The maximum atomic E-state index is 5.14. The number of aryl methyl sites for hydroxylation is 1. The Morgan fingerprint density at radius 3 is 1.96 bits per heavy atom. The fraction of sp³-hybridized carbons (Fsp3) is 0.0227. The molecule has 12 heteroatoms. The fourth-order valence-corrected chi connectivity index (χ4v) is 8.81. The van der Waals surface area contributed by atoms with Gasteiger partial charge in [0.05, 0.1) is 33.2 Å². The monoisotopic (exact) mass is 721 g/mol. The molecule has 0 saturated carbocycles. The van der Waals surface area contributed by atoms with E-state index in [0.29, 0.717) is 0 Å². The Hall–Kier alpha value is -7.73. The van der Waals surface area contributed by atoms with Gasteiger partial charge in [-0.2, -0.15) is 0 Å². The molecule has 10 heterocycles. The van der Waals surface area contributed by atoms with E-state index in [1.54, 1.807) is 12.4 Å². The van der Waals surface area contributed by atoms with Gasteiger partial charge in [0.15, 0.2) is 5.82 Å². The normalized spacial score (nSPS) is 12.7. The van der Waals surface area contributed by atoms with Gasteiger partial charge in [-0.25, -0.2) is 19.9 Å². The predicted molar refractivity (Wildman–Crippen MR) is 221 cm³/mol. The predicted octanol–water partition coefficient (Wildman–Crippen LogP) is 6.88. The van der Waals surface area contributed by atoms with Crippen LogP contribution in [0.5, 0.6) is 0 Å². The molecule has 8 aromatic heterocycles. The maximum absolute atomic E-state index is 5.14. The van der Waals surface area contributed by atoms with Crippen molar-refractivity contribution < 1.29 is 0 Å². The standard InChI is InChI=1S/C44H28BN11/c1-27-16-21-49-38-36-39-41-30(17-22-50-39)45-37-31(53(28-11-3-2-4-12-28)43-42(45)51-23-24-52-43)25-29(54(33-13-5-8-18-46-33)34-14-6-9-19-47-34)26-32(37)55(41)44(36)56(40(27)38)35-15-7-10-20-48-35/h2-26H,1H3. The zero-order valence-electron chi connectivity index (χ0n) is 29.9. The van der Waals surface area contributed by atoms with Crippen molar-refractivity contribution in [1.82, 2.24) is 44.0 Å². The van der Waals surface area contributed by atoms with Gasteiger partial charge in [0.25, 0.3) is 6.71 Å². The molecule has 0 fully saturated rings. The number of pyridine rings is 5. The number of nitrogens with zero attached hydrogens (tertiary/aromatic N) is 11. The third-order valence-electron chi connectivity index (χ3n) is 11.0. The molecule has 0 saturated heterocycles. The molecular weight excluding hydrogens is 693 g/mol. The summed E-state index contributed by atoms with van der Waals surface area (Å²) in [7, 11) is 0. The first-order valence-electron chi connectivity index (χ1n) is 18.4. The molecule has 0 bridgehead atoms. The van der Waals surface area contributed by atoms with Crippen molar-refractivity contribution in [3.05, 3.63) is 158 Å². The first kappa shape index (κ1) is 30.7. The van der Waals surface area contributed by atoms with Crippen LogP contribution >= 0.6 is 0 Å². The zero-order valence-corrected chi connectivity index (χ0v) is 29.9. The van der Waals surface area contributed by atoms with Gasteiger partial charge in [-0.15, -0.1) is 0 Å². The van der Waals surface area contributed by atoms with Gasteiger partial charge in [0.2, 0.25) is 0 Å². The lowest BCUT2D eigenvalue weighted by Gasteiger charge is -2.39. The number of para-hydroxylation sites is 1. The van der Waals surface area contributed by atoms with Crippen LogP contribution in [0.4, 0.5) is 34.5 Å². The van der Waals surface area contributed by atoms with E-state index in [0.717, 1.165) is 101 Å². The summed E-state index contributed by atoms with van der Waals surface area (Å²) in [5, 5.41) is 0.967. The highest BCUT2D eigenvalue weighted by molar-refractivity contribution is 6.99. The molecule has 0 atom stereocenters. The molecule has 0 amide bonds. The van der Waals surface area contributed by atoms with E-state index in [4.69, 9.17) is 34.9 Å². The number of rotatable bonds is 5. The first-order chi connectivity index (χ1) is 27.8. The van der Waals surface area contributed by atoms with Gasteiger partial charge in [0.1, 0.15) is 28.6 Å². The number of hydrogen-bond acceptors (Lipinski definition) is 9. The second-order valence-corrected chi connectivity index (χ2v) is 14.0. The largest absolute Gasteiger partial charge is 0.295 e. The Morgan fingerprint density at radius 1 is 0.554 bits per heavy atom. The Morgan fingerprint density at radius 2 is 1.23 bits per heavy atom. The van der Waals surface area contributed by atoms with Crippen molar-refractivity contribution in [2.45, 2.75) is 6.92 Å². The van der Waals surface area contributed by atoms with Crippen LogP contribution in [0.3, 0.4) is 0 Å². The molecular formula is C44H28BN11. The van der Waals surface area contributed by atoms with Crippen molar-refractivity contribution >= 4 is 90.8 Å². The molecule has 56 heavy (non-hydrogen) atoms. The molecule has 0 N–H and O–H groups in total. The van der Waals surface area contributed by atoms with Gasteiger partial charge in [-0.3, -0.25) is 33.9 Å². The second kappa shape index (κ2) is 11.6. The van der Waals surface area contributed by atoms with Gasteiger partial charge in [-0.1, -0.05) is 36.4 Å². The Kier molecular flexibility index (Phi) is 6.38. The quantitative estimate of drug-likeness (QED) is 0.176. The van der Waals surface area contributed by atoms with Crippen LogP contribution in [0.25, 0.3) is 44.6 Å². The molecule has 2 aromatic carbocycles. The van der Waals surface area contributed by atoms with Gasteiger partial charge >= 0.3 is 0 Å². The molecule has 0 aliphatic carbocycles. The van der Waals surface area contributed by atoms with Gasteiger partial charge < -0.3 is 0 Å². The molecule has 2 aliphatic heterocycles. The van der Waals surface area contributed by atoms with Crippen LogP contribution in [0.15, 0.2) is 153 Å². The molecule has 10 aromatic rings. The van der Waals surface area contributed by atoms with Crippen LogP contribution in [-0.2, 0) is 0 Å². The lowest BCUT2D eigenvalue weighted by molar-refractivity contribution is 1.01. The summed E-state index contributed by atoms with van der Waals surface area (Å²) in [6.45, 7) is 1.89. The van der Waals surface area contributed by atoms with Crippen molar-refractivity contribution in [3.8, 4) is 11.5 Å². The summed E-state index contributed by atoms with van der Waals surface area (Å²) in [6, 6.07) is 37.0. The third-order valence-corrected chi connectivity index (χ3v) is 11.0. The van der Waals surface area contributed by atoms with Crippen molar-refractivity contribution in [3.63, 3.8) is 0 Å². The highest BCUT2D eigenvalue weighted by atomic mass is 15.3. The minimum absolute atomic E-state index is 0.239. The van der Waals surface area contributed by atoms with E-state index >= 15 is 0 Å². The highest BCUT2D eigenvalue weighted by Gasteiger charge is 2.45. The number of aromatic nitrogens is 9. The smallest absolute Gasteiger partial charge is 0.277 e. The van der Waals surface area contributed by atoms with E-state index < -0.39 is 0 Å². The van der Waals surface area contributed by atoms with Gasteiger partial charge in [-0.05, 0) is 96.2 Å². The number of hydrogen-bond donors (Lipinski definition) is 0. The SMILES string of the molecule is Cc1ccnc2c3c4nccc5c4n(c3n(-c3ccccn3)c12)-c1cc(N(c2ccccn2)c2ccccn2)cc2c1B5c1nccnc1N2c1ccccc1. The number of fused-ring (bicyclic) bond motifs is 9. The van der Waals surface area contributed by atoms with Crippen molar-refractivity contribution in [1.29, 1.82) is 0 Å². The van der Waals surface area contributed by atoms with Crippen molar-refractivity contribution in [2.75, 3.05) is 9.80 Å². The summed E-state index contributed by atoms with van der Waals surface area (Å²) < 4.78 is 4.62. The second-order valence-electron chi connectivity index (χ2n) is 14.0. The summed E-state index contributed by atoms with van der Waals surface area (Å²) in [4.78, 5) is 39.3. The molecule has 0 unspecified atom stereocenters. The van der Waals surface area contributed by atoms with E-state index in [1.807, 2.05) is 85.6 Å². The van der Waals surface area contributed by atoms with Crippen LogP contribution in [-0.4, -0.2) is 50.7 Å². The van der Waals surface area contributed by atoms with Crippen LogP contribution in [0, 0.1) is 6.92 Å². The molecule has 2 aliphatic rings. The van der Waals surface area contributed by atoms with Crippen LogP contribution in [0.2, 0.25) is 0 Å². The molecule has 0 spiro atoms. The first-order valence-corrected chi connectivity index (χ1v) is 18.4. The summed E-state index contributed by atoms with van der Waals surface area (Å²) in [5.41, 5.74) is 12.7. The zero-order chi connectivity index (χ0) is 36.9. The van der Waals surface area contributed by atoms with E-state index in [1.165, 1.54) is 0 Å². The highest BCUT2D eigenvalue weighted by Crippen LogP contribution is 2.46. The lowest BCUT2D eigenvalue weighted by atomic mass is 9.35. The Balaban J connectivity index is 1.30. The van der Waals surface area contributed by atoms with E-state index in [2.05, 4.69) is 80.5 Å². The van der Waals surface area contributed by atoms with E-state index in [-0.39, 0.29) is 6.71 Å². The lowest BCUT2D eigenvalue weighted by Crippen LogP contribution is -2.61.